The Hall–Kier alpha value is -1.40. The van der Waals surface area contributed by atoms with Crippen LogP contribution in [0, 0.1) is 5.82 Å². The molecule has 0 aliphatic heterocycles. The lowest BCUT2D eigenvalue weighted by atomic mass is 10.0. The summed E-state index contributed by atoms with van der Waals surface area (Å²) < 4.78 is 18.0. The van der Waals surface area contributed by atoms with Crippen molar-refractivity contribution >= 4 is 11.5 Å². The number of rotatable bonds is 5. The first-order chi connectivity index (χ1) is 9.15. The highest BCUT2D eigenvalue weighted by Gasteiger charge is 2.24. The minimum absolute atomic E-state index is 0.217. The Balaban J connectivity index is 2.46. The first-order valence-corrected chi connectivity index (χ1v) is 7.07. The van der Waals surface area contributed by atoms with E-state index in [-0.39, 0.29) is 17.8 Å². The van der Waals surface area contributed by atoms with Gasteiger partial charge in [-0.25, -0.2) is 4.39 Å². The van der Waals surface area contributed by atoms with Gasteiger partial charge < -0.3 is 5.32 Å². The van der Waals surface area contributed by atoms with Crippen LogP contribution in [0.4, 0.5) is 4.39 Å². The van der Waals surface area contributed by atoms with Crippen LogP contribution in [0.2, 0.25) is 0 Å². The number of halogens is 1. The molecule has 102 valence electrons. The van der Waals surface area contributed by atoms with Crippen molar-refractivity contribution in [1.82, 2.24) is 19.9 Å². The lowest BCUT2D eigenvalue weighted by Gasteiger charge is -2.18. The van der Waals surface area contributed by atoms with Gasteiger partial charge in [0.2, 0.25) is 0 Å². The zero-order valence-corrected chi connectivity index (χ0v) is 12.0. The topological polar surface area (TPSA) is 50.7 Å². The number of pyridine rings is 1. The highest BCUT2D eigenvalue weighted by Crippen LogP contribution is 2.31. The van der Waals surface area contributed by atoms with Crippen molar-refractivity contribution in [2.24, 2.45) is 0 Å². The molecule has 0 radical (unpaired) electrons. The van der Waals surface area contributed by atoms with Crippen LogP contribution in [0.3, 0.4) is 0 Å². The number of hydrogen-bond acceptors (Lipinski definition) is 5. The van der Waals surface area contributed by atoms with E-state index in [1.165, 1.54) is 17.7 Å². The van der Waals surface area contributed by atoms with Crippen molar-refractivity contribution in [2.75, 3.05) is 6.54 Å². The van der Waals surface area contributed by atoms with Gasteiger partial charge in [-0.15, -0.1) is 5.10 Å². The Labute approximate surface area is 116 Å². The number of hydrogen-bond donors (Lipinski definition) is 1. The molecule has 1 N–H and O–H groups in total. The van der Waals surface area contributed by atoms with E-state index < -0.39 is 0 Å². The molecule has 2 aromatic heterocycles. The van der Waals surface area contributed by atoms with Crippen molar-refractivity contribution in [2.45, 2.75) is 32.7 Å². The molecule has 6 heteroatoms. The standard InChI is InChI=1S/C13H17FN4S/c1-4-16-12(9-5-6-15-7-10(9)14)13-11(8(2)3)17-18-19-13/h5-8,12,16H,4H2,1-3H3. The second-order valence-electron chi connectivity index (χ2n) is 4.57. The average molecular weight is 280 g/mol. The van der Waals surface area contributed by atoms with Crippen molar-refractivity contribution < 1.29 is 4.39 Å². The third-order valence-corrected chi connectivity index (χ3v) is 3.68. The third kappa shape index (κ3) is 2.96. The number of nitrogens with zero attached hydrogens (tertiary/aromatic N) is 3. The van der Waals surface area contributed by atoms with Gasteiger partial charge in [-0.3, -0.25) is 4.98 Å². The van der Waals surface area contributed by atoms with Crippen molar-refractivity contribution in [1.29, 1.82) is 0 Å². The van der Waals surface area contributed by atoms with E-state index in [1.807, 2.05) is 6.92 Å². The van der Waals surface area contributed by atoms with Crippen LogP contribution < -0.4 is 5.32 Å². The maximum atomic E-state index is 13.9. The molecular formula is C13H17FN4S. The minimum atomic E-state index is -0.309. The normalized spacial score (nSPS) is 12.9. The Kier molecular flexibility index (Phi) is 4.55. The Morgan fingerprint density at radius 1 is 1.42 bits per heavy atom. The van der Waals surface area contributed by atoms with E-state index in [9.17, 15) is 4.39 Å². The molecule has 0 aliphatic carbocycles. The Morgan fingerprint density at radius 3 is 2.84 bits per heavy atom. The van der Waals surface area contributed by atoms with E-state index in [0.717, 1.165) is 17.1 Å². The SMILES string of the molecule is CCNC(c1ccncc1F)c1snnc1C(C)C. The molecule has 0 spiro atoms. The molecule has 19 heavy (non-hydrogen) atoms. The summed E-state index contributed by atoms with van der Waals surface area (Å²) in [5.74, 6) is -0.0450. The molecule has 0 saturated heterocycles. The zero-order chi connectivity index (χ0) is 13.8. The predicted octanol–water partition coefficient (Wildman–Crippen LogP) is 2.89. The molecule has 0 aliphatic rings. The Morgan fingerprint density at radius 2 is 2.21 bits per heavy atom. The van der Waals surface area contributed by atoms with Crippen LogP contribution >= 0.6 is 11.5 Å². The second kappa shape index (κ2) is 6.16. The van der Waals surface area contributed by atoms with Crippen molar-refractivity contribution in [3.8, 4) is 0 Å². The Bertz CT molecular complexity index is 541. The van der Waals surface area contributed by atoms with Gasteiger partial charge in [0.1, 0.15) is 5.82 Å². The molecule has 2 aromatic rings. The maximum Gasteiger partial charge on any atom is 0.146 e. The maximum absolute atomic E-state index is 13.9. The fraction of sp³-hybridized carbons (Fsp3) is 0.462. The molecule has 0 bridgehead atoms. The summed E-state index contributed by atoms with van der Waals surface area (Å²) in [6.07, 6.45) is 2.84. The third-order valence-electron chi connectivity index (χ3n) is 2.87. The van der Waals surface area contributed by atoms with E-state index in [2.05, 4.69) is 33.7 Å². The van der Waals surface area contributed by atoms with Gasteiger partial charge in [-0.2, -0.15) is 0 Å². The van der Waals surface area contributed by atoms with Gasteiger partial charge >= 0.3 is 0 Å². The van der Waals surface area contributed by atoms with Crippen LogP contribution in [0.5, 0.6) is 0 Å². The fourth-order valence-corrected chi connectivity index (χ4v) is 2.88. The molecule has 0 aromatic carbocycles. The summed E-state index contributed by atoms with van der Waals surface area (Å²) in [5, 5.41) is 7.46. The van der Waals surface area contributed by atoms with Gasteiger partial charge in [-0.1, -0.05) is 25.3 Å². The monoisotopic (exact) mass is 280 g/mol. The summed E-state index contributed by atoms with van der Waals surface area (Å²) in [6.45, 7) is 6.86. The van der Waals surface area contributed by atoms with Crippen molar-refractivity contribution in [3.63, 3.8) is 0 Å². The zero-order valence-electron chi connectivity index (χ0n) is 11.2. The van der Waals surface area contributed by atoms with E-state index in [1.54, 1.807) is 12.3 Å². The predicted molar refractivity (Wildman–Crippen MR) is 73.7 cm³/mol. The summed E-state index contributed by atoms with van der Waals surface area (Å²) in [7, 11) is 0. The van der Waals surface area contributed by atoms with Crippen LogP contribution in [0.15, 0.2) is 18.5 Å². The fourth-order valence-electron chi connectivity index (χ4n) is 1.97. The van der Waals surface area contributed by atoms with E-state index in [0.29, 0.717) is 5.56 Å². The summed E-state index contributed by atoms with van der Waals surface area (Å²) in [6, 6.07) is 1.48. The average Bonchev–Trinajstić information content (AvgIpc) is 2.86. The van der Waals surface area contributed by atoms with Gasteiger partial charge in [-0.05, 0) is 30.1 Å². The summed E-state index contributed by atoms with van der Waals surface area (Å²) in [4.78, 5) is 4.77. The number of nitrogens with one attached hydrogen (secondary N) is 1. The molecule has 2 heterocycles. The van der Waals surface area contributed by atoms with Gasteiger partial charge in [0.05, 0.1) is 22.8 Å². The summed E-state index contributed by atoms with van der Waals surface area (Å²) >= 11 is 1.32. The second-order valence-corrected chi connectivity index (χ2v) is 5.35. The quantitative estimate of drug-likeness (QED) is 0.915. The van der Waals surface area contributed by atoms with E-state index in [4.69, 9.17) is 0 Å². The first kappa shape index (κ1) is 14.0. The van der Waals surface area contributed by atoms with Crippen LogP contribution in [0.25, 0.3) is 0 Å². The lowest BCUT2D eigenvalue weighted by molar-refractivity contribution is 0.554. The highest BCUT2D eigenvalue weighted by atomic mass is 32.1. The van der Waals surface area contributed by atoms with Crippen LogP contribution in [-0.4, -0.2) is 21.1 Å². The smallest absolute Gasteiger partial charge is 0.146 e. The summed E-state index contributed by atoms with van der Waals surface area (Å²) in [5.41, 5.74) is 1.51. The van der Waals surface area contributed by atoms with Gasteiger partial charge in [0.15, 0.2) is 0 Å². The molecule has 1 atom stereocenters. The highest BCUT2D eigenvalue weighted by molar-refractivity contribution is 7.05. The van der Waals surface area contributed by atoms with Crippen LogP contribution in [-0.2, 0) is 0 Å². The van der Waals surface area contributed by atoms with Crippen LogP contribution in [0.1, 0.15) is 48.9 Å². The molecule has 2 rings (SSSR count). The number of aromatic nitrogens is 3. The molecule has 1 unspecified atom stereocenters. The molecule has 4 nitrogen and oxygen atoms in total. The molecule has 0 saturated carbocycles. The van der Waals surface area contributed by atoms with Gasteiger partial charge in [0, 0.05) is 11.8 Å². The van der Waals surface area contributed by atoms with E-state index >= 15 is 0 Å². The molecule has 0 amide bonds. The van der Waals surface area contributed by atoms with Gasteiger partial charge in [0.25, 0.3) is 0 Å². The first-order valence-electron chi connectivity index (χ1n) is 6.30. The van der Waals surface area contributed by atoms with Crippen molar-refractivity contribution in [3.05, 3.63) is 40.4 Å². The molecular weight excluding hydrogens is 263 g/mol. The minimum Gasteiger partial charge on any atom is -0.306 e. The molecule has 0 fully saturated rings. The largest absolute Gasteiger partial charge is 0.306 e. The lowest BCUT2D eigenvalue weighted by Crippen LogP contribution is -2.23.